The zero-order valence-corrected chi connectivity index (χ0v) is 18.3. The van der Waals surface area contributed by atoms with Gasteiger partial charge in [0.2, 0.25) is 0 Å². The summed E-state index contributed by atoms with van der Waals surface area (Å²) in [5, 5.41) is 14.1. The number of nitrogens with one attached hydrogen (secondary N) is 1. The van der Waals surface area contributed by atoms with Crippen molar-refractivity contribution < 1.29 is 0 Å². The minimum absolute atomic E-state index is 0.250. The summed E-state index contributed by atoms with van der Waals surface area (Å²) in [6.45, 7) is 1.90. The predicted octanol–water partition coefficient (Wildman–Crippen LogP) is 5.03. The summed E-state index contributed by atoms with van der Waals surface area (Å²) in [4.78, 5) is 27.0. The number of nitrogens with zero attached hydrogens (tertiary/aromatic N) is 5. The third-order valence-electron chi connectivity index (χ3n) is 5.39. The van der Waals surface area contributed by atoms with Crippen molar-refractivity contribution in [2.45, 2.75) is 13.0 Å². The molecule has 1 N–H and O–H groups in total. The lowest BCUT2D eigenvalue weighted by Gasteiger charge is -2.21. The summed E-state index contributed by atoms with van der Waals surface area (Å²) in [6.07, 6.45) is 1.46. The van der Waals surface area contributed by atoms with E-state index in [1.807, 2.05) is 37.3 Å². The van der Waals surface area contributed by atoms with Gasteiger partial charge in [0.05, 0.1) is 44.8 Å². The summed E-state index contributed by atoms with van der Waals surface area (Å²) in [6, 6.07) is 21.5. The maximum atomic E-state index is 13.6. The van der Waals surface area contributed by atoms with Gasteiger partial charge in [0, 0.05) is 5.39 Å². The molecule has 5 aromatic rings. The van der Waals surface area contributed by atoms with Gasteiger partial charge in [-0.05, 0) is 49.4 Å². The number of benzene rings is 3. The van der Waals surface area contributed by atoms with Crippen LogP contribution in [0.4, 0.5) is 5.82 Å². The lowest BCUT2D eigenvalue weighted by molar-refractivity contribution is 0.732. The van der Waals surface area contributed by atoms with Gasteiger partial charge in [-0.2, -0.15) is 5.26 Å². The number of halogens is 1. The Kier molecular flexibility index (Phi) is 5.21. The standard InChI is InChI=1S/C25H17ClN6O/c1-15(30-23-18-12-16(13-27)10-11-20(18)28-14-29-23)24-31-21-9-5-8-19(26)22(21)25(33)32(24)17-6-3-2-4-7-17/h2-12,14-15H,1H3,(H,28,29,30)/t15-/m0/s1. The first kappa shape index (κ1) is 20.6. The molecule has 0 bridgehead atoms. The molecular formula is C25H17ClN6O. The van der Waals surface area contributed by atoms with Crippen molar-refractivity contribution in [2.75, 3.05) is 5.32 Å². The fourth-order valence-corrected chi connectivity index (χ4v) is 4.09. The van der Waals surface area contributed by atoms with Gasteiger partial charge in [-0.3, -0.25) is 9.36 Å². The van der Waals surface area contributed by atoms with Gasteiger partial charge in [-0.15, -0.1) is 0 Å². The molecular weight excluding hydrogens is 436 g/mol. The first-order chi connectivity index (χ1) is 16.1. The molecule has 0 amide bonds. The van der Waals surface area contributed by atoms with Gasteiger partial charge in [0.15, 0.2) is 0 Å². The number of hydrogen-bond donors (Lipinski definition) is 1. The smallest absolute Gasteiger partial charge is 0.267 e. The summed E-state index contributed by atoms with van der Waals surface area (Å²) in [5.74, 6) is 1.05. The fraction of sp³-hybridized carbons (Fsp3) is 0.0800. The van der Waals surface area contributed by atoms with Crippen LogP contribution < -0.4 is 10.9 Å². The lowest BCUT2D eigenvalue weighted by Crippen LogP contribution is -2.27. The van der Waals surface area contributed by atoms with Gasteiger partial charge >= 0.3 is 0 Å². The minimum Gasteiger partial charge on any atom is -0.360 e. The molecule has 0 fully saturated rings. The maximum absolute atomic E-state index is 13.6. The number of fused-ring (bicyclic) bond motifs is 2. The van der Waals surface area contributed by atoms with E-state index in [1.54, 1.807) is 41.0 Å². The molecule has 0 aliphatic heterocycles. The van der Waals surface area contributed by atoms with Crippen LogP contribution in [0.3, 0.4) is 0 Å². The van der Waals surface area contributed by atoms with Crippen LogP contribution in [0.2, 0.25) is 5.02 Å². The molecule has 0 unspecified atom stereocenters. The molecule has 8 heteroatoms. The molecule has 1 atom stereocenters. The monoisotopic (exact) mass is 452 g/mol. The Morgan fingerprint density at radius 2 is 1.85 bits per heavy atom. The van der Waals surface area contributed by atoms with Crippen LogP contribution in [-0.4, -0.2) is 19.5 Å². The molecule has 3 aromatic carbocycles. The summed E-state index contributed by atoms with van der Waals surface area (Å²) in [7, 11) is 0. The largest absolute Gasteiger partial charge is 0.360 e. The molecule has 160 valence electrons. The van der Waals surface area contributed by atoms with Gasteiger partial charge in [-0.25, -0.2) is 15.0 Å². The number of rotatable bonds is 4. The topological polar surface area (TPSA) is 96.5 Å². The zero-order chi connectivity index (χ0) is 22.9. The zero-order valence-electron chi connectivity index (χ0n) is 17.5. The average Bonchev–Trinajstić information content (AvgIpc) is 2.84. The van der Waals surface area contributed by atoms with Gasteiger partial charge in [0.1, 0.15) is 18.0 Å². The molecule has 0 aliphatic carbocycles. The van der Waals surface area contributed by atoms with E-state index in [-0.39, 0.29) is 5.56 Å². The number of nitriles is 1. The second-order valence-corrected chi connectivity index (χ2v) is 7.92. The van der Waals surface area contributed by atoms with Crippen molar-refractivity contribution in [3.05, 3.63) is 99.8 Å². The Morgan fingerprint density at radius 3 is 2.64 bits per heavy atom. The van der Waals surface area contributed by atoms with E-state index in [0.717, 1.165) is 0 Å². The van der Waals surface area contributed by atoms with Crippen LogP contribution in [0, 0.1) is 11.3 Å². The third kappa shape index (κ3) is 3.67. The highest BCUT2D eigenvalue weighted by atomic mass is 35.5. The van der Waals surface area contributed by atoms with Crippen molar-refractivity contribution in [3.8, 4) is 11.8 Å². The number of aromatic nitrogens is 4. The van der Waals surface area contributed by atoms with Crippen molar-refractivity contribution >= 4 is 39.2 Å². The minimum atomic E-state index is -0.412. The van der Waals surface area contributed by atoms with Crippen molar-refractivity contribution in [3.63, 3.8) is 0 Å². The van der Waals surface area contributed by atoms with Gasteiger partial charge in [-0.1, -0.05) is 35.9 Å². The molecule has 7 nitrogen and oxygen atoms in total. The Bertz CT molecular complexity index is 1610. The van der Waals surface area contributed by atoms with E-state index in [0.29, 0.717) is 49.7 Å². The van der Waals surface area contributed by atoms with E-state index >= 15 is 0 Å². The summed E-state index contributed by atoms with van der Waals surface area (Å²) < 4.78 is 1.57. The summed E-state index contributed by atoms with van der Waals surface area (Å²) in [5.41, 5.74) is 2.16. The number of hydrogen-bond acceptors (Lipinski definition) is 6. The van der Waals surface area contributed by atoms with E-state index in [4.69, 9.17) is 16.6 Å². The molecule has 0 spiro atoms. The van der Waals surface area contributed by atoms with E-state index in [9.17, 15) is 10.1 Å². The fourth-order valence-electron chi connectivity index (χ4n) is 3.83. The normalized spacial score (nSPS) is 11.9. The van der Waals surface area contributed by atoms with Crippen molar-refractivity contribution in [1.29, 1.82) is 5.26 Å². The third-order valence-corrected chi connectivity index (χ3v) is 5.71. The van der Waals surface area contributed by atoms with Crippen LogP contribution in [0.5, 0.6) is 0 Å². The highest BCUT2D eigenvalue weighted by Crippen LogP contribution is 2.27. The molecule has 0 saturated carbocycles. The highest BCUT2D eigenvalue weighted by Gasteiger charge is 2.20. The predicted molar refractivity (Wildman–Crippen MR) is 129 cm³/mol. The molecule has 2 heterocycles. The Hall–Kier alpha value is -4.28. The average molecular weight is 453 g/mol. The quantitative estimate of drug-likeness (QED) is 0.411. The van der Waals surface area contributed by atoms with Crippen LogP contribution in [0.15, 0.2) is 77.9 Å². The van der Waals surface area contributed by atoms with Crippen LogP contribution in [0.25, 0.3) is 27.5 Å². The first-order valence-electron chi connectivity index (χ1n) is 10.2. The lowest BCUT2D eigenvalue weighted by atomic mass is 10.1. The van der Waals surface area contributed by atoms with E-state index in [2.05, 4.69) is 21.4 Å². The highest BCUT2D eigenvalue weighted by molar-refractivity contribution is 6.35. The maximum Gasteiger partial charge on any atom is 0.267 e. The van der Waals surface area contributed by atoms with E-state index < -0.39 is 6.04 Å². The van der Waals surface area contributed by atoms with Crippen LogP contribution in [-0.2, 0) is 0 Å². The first-order valence-corrected chi connectivity index (χ1v) is 10.6. The van der Waals surface area contributed by atoms with Crippen molar-refractivity contribution in [2.24, 2.45) is 0 Å². The summed E-state index contributed by atoms with van der Waals surface area (Å²) >= 11 is 6.37. The molecule has 0 aliphatic rings. The van der Waals surface area contributed by atoms with Crippen LogP contribution >= 0.6 is 11.6 Å². The Labute approximate surface area is 193 Å². The molecule has 2 aromatic heterocycles. The molecule has 33 heavy (non-hydrogen) atoms. The van der Waals surface area contributed by atoms with E-state index in [1.165, 1.54) is 6.33 Å². The molecule has 0 saturated heterocycles. The second kappa shape index (κ2) is 8.34. The second-order valence-electron chi connectivity index (χ2n) is 7.51. The number of anilines is 1. The number of para-hydroxylation sites is 1. The van der Waals surface area contributed by atoms with Gasteiger partial charge < -0.3 is 5.32 Å². The van der Waals surface area contributed by atoms with Crippen LogP contribution in [0.1, 0.15) is 24.4 Å². The Balaban J connectivity index is 1.70. The molecule has 0 radical (unpaired) electrons. The molecule has 5 rings (SSSR count). The SMILES string of the molecule is C[C@H](Nc1ncnc2ccc(C#N)cc12)c1nc2cccc(Cl)c2c(=O)n1-c1ccccc1. The van der Waals surface area contributed by atoms with Gasteiger partial charge in [0.25, 0.3) is 5.56 Å². The van der Waals surface area contributed by atoms with Crippen molar-refractivity contribution in [1.82, 2.24) is 19.5 Å². The Morgan fingerprint density at radius 1 is 1.03 bits per heavy atom.